The zero-order valence-electron chi connectivity index (χ0n) is 9.77. The van der Waals surface area contributed by atoms with Gasteiger partial charge in [-0.15, -0.1) is 0 Å². The molecule has 1 fully saturated rings. The van der Waals surface area contributed by atoms with Crippen LogP contribution in [0.25, 0.3) is 0 Å². The topological polar surface area (TPSA) is 40.5 Å². The van der Waals surface area contributed by atoms with Gasteiger partial charge in [-0.25, -0.2) is 4.39 Å². The first-order valence-electron chi connectivity index (χ1n) is 5.78. The quantitative estimate of drug-likeness (QED) is 0.858. The Morgan fingerprint density at radius 1 is 1.47 bits per heavy atom. The number of carboxylic acids is 1. The van der Waals surface area contributed by atoms with Crippen LogP contribution < -0.4 is 0 Å². The molecule has 0 bridgehead atoms. The van der Waals surface area contributed by atoms with Crippen LogP contribution in [0.2, 0.25) is 0 Å². The van der Waals surface area contributed by atoms with E-state index >= 15 is 0 Å². The molecule has 3 nitrogen and oxygen atoms in total. The molecule has 0 aromatic heterocycles. The molecule has 2 unspecified atom stereocenters. The largest absolute Gasteiger partial charge is 0.481 e. The summed E-state index contributed by atoms with van der Waals surface area (Å²) in [5.74, 6) is -1.69. The van der Waals surface area contributed by atoms with E-state index in [9.17, 15) is 14.3 Å². The van der Waals surface area contributed by atoms with Crippen molar-refractivity contribution in [3.8, 4) is 0 Å². The summed E-state index contributed by atoms with van der Waals surface area (Å²) in [6, 6.07) is 6.08. The first kappa shape index (κ1) is 12.0. The van der Waals surface area contributed by atoms with Gasteiger partial charge in [0, 0.05) is 5.56 Å². The first-order chi connectivity index (χ1) is 8.11. The van der Waals surface area contributed by atoms with Crippen LogP contribution in [-0.2, 0) is 4.79 Å². The maximum atomic E-state index is 13.8. The molecule has 17 heavy (non-hydrogen) atoms. The standard InChI is InChI=1S/C13H16FNO2/c1-15-8-4-6-10(13(16)17)12(15)9-5-2-3-7-11(9)14/h2-3,5,7,10,12H,4,6,8H2,1H3,(H,16,17). The van der Waals surface area contributed by atoms with Gasteiger partial charge in [0.05, 0.1) is 12.0 Å². The van der Waals surface area contributed by atoms with Crippen molar-refractivity contribution < 1.29 is 14.3 Å². The van der Waals surface area contributed by atoms with Gasteiger partial charge in [-0.1, -0.05) is 18.2 Å². The molecule has 1 saturated heterocycles. The maximum absolute atomic E-state index is 13.8. The highest BCUT2D eigenvalue weighted by molar-refractivity contribution is 5.71. The van der Waals surface area contributed by atoms with Gasteiger partial charge < -0.3 is 5.11 Å². The van der Waals surface area contributed by atoms with Crippen molar-refractivity contribution in [2.45, 2.75) is 18.9 Å². The van der Waals surface area contributed by atoms with E-state index in [1.165, 1.54) is 6.07 Å². The van der Waals surface area contributed by atoms with E-state index in [4.69, 9.17) is 0 Å². The van der Waals surface area contributed by atoms with Gasteiger partial charge in [0.2, 0.25) is 0 Å². The lowest BCUT2D eigenvalue weighted by atomic mass is 9.85. The Morgan fingerprint density at radius 3 is 2.82 bits per heavy atom. The van der Waals surface area contributed by atoms with Crippen LogP contribution in [0.4, 0.5) is 4.39 Å². The van der Waals surface area contributed by atoms with Crippen molar-refractivity contribution in [2.75, 3.05) is 13.6 Å². The van der Waals surface area contributed by atoms with Crippen LogP contribution in [0.3, 0.4) is 0 Å². The minimum atomic E-state index is -0.843. The highest BCUT2D eigenvalue weighted by Gasteiger charge is 2.36. The SMILES string of the molecule is CN1CCCC(C(=O)O)C1c1ccccc1F. The maximum Gasteiger partial charge on any atom is 0.308 e. The second kappa shape index (κ2) is 4.84. The van der Waals surface area contributed by atoms with Crippen LogP contribution in [0, 0.1) is 11.7 Å². The number of hydrogen-bond acceptors (Lipinski definition) is 2. The highest BCUT2D eigenvalue weighted by atomic mass is 19.1. The van der Waals surface area contributed by atoms with Crippen molar-refractivity contribution in [2.24, 2.45) is 5.92 Å². The van der Waals surface area contributed by atoms with Crippen LogP contribution in [-0.4, -0.2) is 29.6 Å². The number of aliphatic carboxylic acids is 1. The van der Waals surface area contributed by atoms with Gasteiger partial charge in [-0.05, 0) is 32.5 Å². The molecule has 2 rings (SSSR count). The molecule has 92 valence electrons. The number of piperidine rings is 1. The summed E-state index contributed by atoms with van der Waals surface area (Å²) in [5, 5.41) is 9.23. The Balaban J connectivity index is 2.38. The van der Waals surface area contributed by atoms with Gasteiger partial charge in [0.25, 0.3) is 0 Å². The Kier molecular flexibility index (Phi) is 3.43. The molecule has 1 N–H and O–H groups in total. The predicted molar refractivity (Wildman–Crippen MR) is 62.1 cm³/mol. The van der Waals surface area contributed by atoms with E-state index < -0.39 is 11.9 Å². The second-order valence-corrected chi connectivity index (χ2v) is 4.53. The molecule has 0 radical (unpaired) electrons. The van der Waals surface area contributed by atoms with Crippen molar-refractivity contribution >= 4 is 5.97 Å². The van der Waals surface area contributed by atoms with Crippen LogP contribution in [0.15, 0.2) is 24.3 Å². The Labute approximate surface area is 99.9 Å². The third-order valence-electron chi connectivity index (χ3n) is 3.42. The number of halogens is 1. The number of hydrogen-bond donors (Lipinski definition) is 1. The summed E-state index contributed by atoms with van der Waals surface area (Å²) in [4.78, 5) is 13.2. The Morgan fingerprint density at radius 2 is 2.18 bits per heavy atom. The first-order valence-corrected chi connectivity index (χ1v) is 5.78. The van der Waals surface area contributed by atoms with E-state index in [2.05, 4.69) is 0 Å². The van der Waals surface area contributed by atoms with Crippen LogP contribution in [0.1, 0.15) is 24.4 Å². The van der Waals surface area contributed by atoms with E-state index in [-0.39, 0.29) is 11.9 Å². The average molecular weight is 237 g/mol. The summed E-state index contributed by atoms with van der Waals surface area (Å²) in [6.07, 6.45) is 1.46. The average Bonchev–Trinajstić information content (AvgIpc) is 2.30. The molecule has 1 aliphatic rings. The molecule has 0 spiro atoms. The van der Waals surface area contributed by atoms with Crippen molar-refractivity contribution in [1.29, 1.82) is 0 Å². The minimum absolute atomic E-state index is 0.322. The van der Waals surface area contributed by atoms with Crippen LogP contribution in [0.5, 0.6) is 0 Å². The molecule has 0 saturated carbocycles. The minimum Gasteiger partial charge on any atom is -0.481 e. The number of rotatable bonds is 2. The molecular formula is C13H16FNO2. The van der Waals surface area contributed by atoms with Crippen molar-refractivity contribution in [3.05, 3.63) is 35.6 Å². The molecule has 1 aliphatic heterocycles. The molecule has 4 heteroatoms. The summed E-state index contributed by atoms with van der Waals surface area (Å²) in [7, 11) is 1.85. The summed E-state index contributed by atoms with van der Waals surface area (Å²) in [6.45, 7) is 0.808. The molecule has 2 atom stereocenters. The van der Waals surface area contributed by atoms with Gasteiger partial charge in [-0.2, -0.15) is 0 Å². The van der Waals surface area contributed by atoms with Gasteiger partial charge in [-0.3, -0.25) is 9.69 Å². The molecular weight excluding hydrogens is 221 g/mol. The molecule has 1 heterocycles. The lowest BCUT2D eigenvalue weighted by Gasteiger charge is -2.37. The lowest BCUT2D eigenvalue weighted by Crippen LogP contribution is -2.40. The number of likely N-dealkylation sites (tertiary alicyclic amines) is 1. The molecule has 1 aromatic carbocycles. The van der Waals surface area contributed by atoms with E-state index in [1.807, 2.05) is 11.9 Å². The fraction of sp³-hybridized carbons (Fsp3) is 0.462. The molecule has 0 amide bonds. The smallest absolute Gasteiger partial charge is 0.308 e. The third-order valence-corrected chi connectivity index (χ3v) is 3.42. The van der Waals surface area contributed by atoms with Crippen molar-refractivity contribution in [1.82, 2.24) is 4.90 Å². The monoisotopic (exact) mass is 237 g/mol. The summed E-state index contributed by atoms with van der Waals surface area (Å²) < 4.78 is 13.8. The Hall–Kier alpha value is -1.42. The Bertz CT molecular complexity index is 422. The third kappa shape index (κ3) is 2.31. The molecule has 0 aliphatic carbocycles. The summed E-state index contributed by atoms with van der Waals surface area (Å²) >= 11 is 0. The number of carbonyl (C=O) groups is 1. The van der Waals surface area contributed by atoms with Gasteiger partial charge >= 0.3 is 5.97 Å². The van der Waals surface area contributed by atoms with E-state index in [0.29, 0.717) is 12.0 Å². The fourth-order valence-electron chi connectivity index (χ4n) is 2.59. The lowest BCUT2D eigenvalue weighted by molar-refractivity contribution is -0.146. The number of benzene rings is 1. The number of nitrogens with zero attached hydrogens (tertiary/aromatic N) is 1. The number of carboxylic acid groups (broad SMARTS) is 1. The highest BCUT2D eigenvalue weighted by Crippen LogP contribution is 2.36. The predicted octanol–water partition coefficient (Wildman–Crippen LogP) is 2.29. The zero-order chi connectivity index (χ0) is 12.4. The van der Waals surface area contributed by atoms with E-state index in [1.54, 1.807) is 18.2 Å². The van der Waals surface area contributed by atoms with Gasteiger partial charge in [0.1, 0.15) is 5.82 Å². The summed E-state index contributed by atoms with van der Waals surface area (Å²) in [5.41, 5.74) is 0.488. The second-order valence-electron chi connectivity index (χ2n) is 4.53. The molecule has 1 aromatic rings. The zero-order valence-corrected chi connectivity index (χ0v) is 9.77. The van der Waals surface area contributed by atoms with Gasteiger partial charge in [0.15, 0.2) is 0 Å². The normalized spacial score (nSPS) is 25.8. The van der Waals surface area contributed by atoms with Crippen molar-refractivity contribution in [3.63, 3.8) is 0 Å². The fourth-order valence-corrected chi connectivity index (χ4v) is 2.59. The van der Waals surface area contributed by atoms with Crippen LogP contribution >= 0.6 is 0 Å². The van der Waals surface area contributed by atoms with E-state index in [0.717, 1.165) is 13.0 Å².